The third-order valence-corrected chi connectivity index (χ3v) is 6.05. The Morgan fingerprint density at radius 2 is 1.68 bits per heavy atom. The Morgan fingerprint density at radius 3 is 2.24 bits per heavy atom. The molecule has 0 saturated carbocycles. The summed E-state index contributed by atoms with van der Waals surface area (Å²) in [7, 11) is -2.78. The lowest BCUT2D eigenvalue weighted by molar-refractivity contribution is -0.0843. The third-order valence-electron chi connectivity index (χ3n) is 3.24. The Morgan fingerprint density at radius 1 is 1.08 bits per heavy atom. The number of benzene rings is 1. The van der Waals surface area contributed by atoms with Gasteiger partial charge in [-0.05, 0) is 25.1 Å². The Labute approximate surface area is 153 Å². The van der Waals surface area contributed by atoms with E-state index in [4.69, 9.17) is 9.47 Å². The molecule has 1 aromatic rings. The van der Waals surface area contributed by atoms with Crippen molar-refractivity contribution in [3.63, 3.8) is 0 Å². The molecular weight excluding hydrogens is 360 g/mol. The number of rotatable bonds is 6. The van der Waals surface area contributed by atoms with Crippen LogP contribution in [0.25, 0.3) is 0 Å². The summed E-state index contributed by atoms with van der Waals surface area (Å²) < 4.78 is 39.4. The highest BCUT2D eigenvalue weighted by Crippen LogP contribution is 2.15. The zero-order valence-electron chi connectivity index (χ0n) is 14.1. The number of hydrogen-bond acceptors (Lipinski definition) is 4. The van der Waals surface area contributed by atoms with E-state index in [1.165, 1.54) is 0 Å². The van der Waals surface area contributed by atoms with E-state index in [9.17, 15) is 8.42 Å². The third kappa shape index (κ3) is 5.81. The second-order valence-corrected chi connectivity index (χ2v) is 7.96. The predicted octanol–water partition coefficient (Wildman–Crippen LogP) is 2.50. The SMILES string of the molecule is C=C/C=C\C(=C/C)[S@@](=O)N1COCN([S@](=O)c2ccccc2)COC1. The first kappa shape index (κ1) is 19.9. The molecule has 2 atom stereocenters. The van der Waals surface area contributed by atoms with Gasteiger partial charge in [0.2, 0.25) is 0 Å². The highest BCUT2D eigenvalue weighted by molar-refractivity contribution is 7.86. The molecule has 1 aromatic carbocycles. The topological polar surface area (TPSA) is 59.1 Å². The van der Waals surface area contributed by atoms with Gasteiger partial charge in [0, 0.05) is 0 Å². The standard InChI is InChI=1S/C17H22N2O4S2/c1-3-5-9-16(4-2)24(20)18-12-22-14-19(15-23-13-18)25(21)17-10-7-6-8-11-17/h3-11H,1,12-15H2,2H3/b9-5-,16-4+/t24-,25-/m1/s1. The van der Waals surface area contributed by atoms with Gasteiger partial charge in [0.25, 0.3) is 0 Å². The molecule has 136 valence electrons. The summed E-state index contributed by atoms with van der Waals surface area (Å²) in [6.07, 6.45) is 6.85. The average Bonchev–Trinajstić information content (AvgIpc) is 2.62. The largest absolute Gasteiger partial charge is 0.349 e. The maximum Gasteiger partial charge on any atom is 0.131 e. The summed E-state index contributed by atoms with van der Waals surface area (Å²) in [4.78, 5) is 1.32. The van der Waals surface area contributed by atoms with Crippen LogP contribution < -0.4 is 0 Å². The number of nitrogens with zero attached hydrogens (tertiary/aromatic N) is 2. The number of allylic oxidation sites excluding steroid dienone is 4. The van der Waals surface area contributed by atoms with Gasteiger partial charge in [0.15, 0.2) is 0 Å². The van der Waals surface area contributed by atoms with Crippen molar-refractivity contribution in [2.24, 2.45) is 0 Å². The molecular formula is C17H22N2O4S2. The summed E-state index contributed by atoms with van der Waals surface area (Å²) in [6.45, 7) is 5.86. The van der Waals surface area contributed by atoms with E-state index in [2.05, 4.69) is 6.58 Å². The highest BCUT2D eigenvalue weighted by atomic mass is 32.2. The molecule has 0 spiro atoms. The first-order valence-corrected chi connectivity index (χ1v) is 9.88. The first-order chi connectivity index (χ1) is 12.2. The van der Waals surface area contributed by atoms with Gasteiger partial charge in [-0.25, -0.2) is 8.42 Å². The van der Waals surface area contributed by atoms with Crippen LogP contribution in [0.5, 0.6) is 0 Å². The minimum Gasteiger partial charge on any atom is -0.349 e. The van der Waals surface area contributed by atoms with E-state index >= 15 is 0 Å². The summed E-state index contributed by atoms with van der Waals surface area (Å²) in [5, 5.41) is 0. The van der Waals surface area contributed by atoms with Gasteiger partial charge >= 0.3 is 0 Å². The molecule has 0 amide bonds. The van der Waals surface area contributed by atoms with Gasteiger partial charge in [-0.2, -0.15) is 8.61 Å². The highest BCUT2D eigenvalue weighted by Gasteiger charge is 2.22. The molecule has 1 aliphatic rings. The van der Waals surface area contributed by atoms with E-state index in [-0.39, 0.29) is 26.9 Å². The molecule has 25 heavy (non-hydrogen) atoms. The van der Waals surface area contributed by atoms with Gasteiger partial charge in [0.05, 0.1) is 9.80 Å². The van der Waals surface area contributed by atoms with Gasteiger partial charge in [-0.3, -0.25) is 0 Å². The summed E-state index contributed by atoms with van der Waals surface area (Å²) in [6, 6.07) is 9.12. The monoisotopic (exact) mass is 382 g/mol. The molecule has 0 bridgehead atoms. The second-order valence-electron chi connectivity index (χ2n) is 4.99. The van der Waals surface area contributed by atoms with E-state index in [0.717, 1.165) is 0 Å². The first-order valence-electron chi connectivity index (χ1n) is 7.67. The average molecular weight is 383 g/mol. The normalized spacial score (nSPS) is 20.8. The quantitative estimate of drug-likeness (QED) is 0.710. The molecule has 8 heteroatoms. The van der Waals surface area contributed by atoms with Gasteiger partial charge < -0.3 is 9.47 Å². The maximum absolute atomic E-state index is 12.6. The lowest BCUT2D eigenvalue weighted by atomic mass is 10.4. The lowest BCUT2D eigenvalue weighted by Gasteiger charge is -2.28. The van der Waals surface area contributed by atoms with Gasteiger partial charge in [-0.15, -0.1) is 0 Å². The molecule has 0 N–H and O–H groups in total. The lowest BCUT2D eigenvalue weighted by Crippen LogP contribution is -2.41. The van der Waals surface area contributed by atoms with Crippen molar-refractivity contribution in [2.45, 2.75) is 11.8 Å². The molecule has 0 radical (unpaired) electrons. The van der Waals surface area contributed by atoms with Gasteiger partial charge in [-0.1, -0.05) is 43.0 Å². The fourth-order valence-corrected chi connectivity index (χ4v) is 4.07. The van der Waals surface area contributed by atoms with Crippen molar-refractivity contribution in [1.29, 1.82) is 0 Å². The van der Waals surface area contributed by atoms with Crippen molar-refractivity contribution in [3.8, 4) is 0 Å². The molecule has 0 aromatic heterocycles. The van der Waals surface area contributed by atoms with Crippen LogP contribution in [0.2, 0.25) is 0 Å². The molecule has 0 aliphatic carbocycles. The van der Waals surface area contributed by atoms with Crippen LogP contribution >= 0.6 is 0 Å². The van der Waals surface area contributed by atoms with Crippen molar-refractivity contribution in [2.75, 3.05) is 26.9 Å². The van der Waals surface area contributed by atoms with Crippen LogP contribution in [0.1, 0.15) is 6.92 Å². The Balaban J connectivity index is 1.96. The molecule has 0 unspecified atom stereocenters. The smallest absolute Gasteiger partial charge is 0.131 e. The van der Waals surface area contributed by atoms with E-state index in [1.54, 1.807) is 45.0 Å². The summed E-state index contributed by atoms with van der Waals surface area (Å²) >= 11 is 0. The Kier molecular flexibility index (Phi) is 8.39. The van der Waals surface area contributed by atoms with Crippen molar-refractivity contribution in [3.05, 3.63) is 66.1 Å². The van der Waals surface area contributed by atoms with Crippen LogP contribution in [0.15, 0.2) is 71.0 Å². The summed E-state index contributed by atoms with van der Waals surface area (Å²) in [5.41, 5.74) is 0. The maximum atomic E-state index is 12.6. The molecule has 1 aliphatic heterocycles. The predicted molar refractivity (Wildman–Crippen MR) is 99.4 cm³/mol. The van der Waals surface area contributed by atoms with E-state index < -0.39 is 22.0 Å². The van der Waals surface area contributed by atoms with Crippen LogP contribution in [0.3, 0.4) is 0 Å². The van der Waals surface area contributed by atoms with Crippen molar-refractivity contribution < 1.29 is 17.9 Å². The minimum absolute atomic E-state index is 0.106. The second kappa shape index (κ2) is 10.5. The van der Waals surface area contributed by atoms with Crippen LogP contribution in [0.4, 0.5) is 0 Å². The van der Waals surface area contributed by atoms with Crippen LogP contribution in [-0.4, -0.2) is 44.0 Å². The summed E-state index contributed by atoms with van der Waals surface area (Å²) in [5.74, 6) is 0. The van der Waals surface area contributed by atoms with Crippen LogP contribution in [-0.2, 0) is 31.4 Å². The zero-order valence-corrected chi connectivity index (χ0v) is 15.7. The fourth-order valence-electron chi connectivity index (χ4n) is 2.01. The fraction of sp³-hybridized carbons (Fsp3) is 0.294. The molecule has 1 saturated heterocycles. The molecule has 6 nitrogen and oxygen atoms in total. The van der Waals surface area contributed by atoms with Crippen molar-refractivity contribution >= 4 is 22.0 Å². The van der Waals surface area contributed by atoms with Crippen molar-refractivity contribution in [1.82, 2.24) is 8.61 Å². The van der Waals surface area contributed by atoms with Gasteiger partial charge in [0.1, 0.15) is 48.9 Å². The number of ether oxygens (including phenoxy) is 2. The Hall–Kier alpha value is -1.42. The minimum atomic E-state index is -1.41. The van der Waals surface area contributed by atoms with E-state index in [0.29, 0.717) is 9.80 Å². The molecule has 1 heterocycles. The molecule has 2 rings (SSSR count). The molecule has 1 fully saturated rings. The zero-order chi connectivity index (χ0) is 18.1. The van der Waals surface area contributed by atoms with Crippen LogP contribution in [0, 0.1) is 0 Å². The Bertz CT molecular complexity index is 666. The van der Waals surface area contributed by atoms with E-state index in [1.807, 2.05) is 25.1 Å². The number of hydrogen-bond donors (Lipinski definition) is 0.